The molecule has 3 atom stereocenters. The van der Waals surface area contributed by atoms with Crippen LogP contribution in [0.2, 0.25) is 5.02 Å². The van der Waals surface area contributed by atoms with Gasteiger partial charge in [-0.25, -0.2) is 15.0 Å². The third kappa shape index (κ3) is 10.3. The largest absolute Gasteiger partial charge is 0.366 e. The summed E-state index contributed by atoms with van der Waals surface area (Å²) in [6, 6.07) is 24.8. The number of rotatable bonds is 14. The van der Waals surface area contributed by atoms with Crippen LogP contribution in [0.1, 0.15) is 128 Å². The zero-order chi connectivity index (χ0) is 61.3. The number of H-pyrrole nitrogens is 1. The quantitative estimate of drug-likeness (QED) is 0.111. The Morgan fingerprint density at radius 1 is 0.505 bits per heavy atom. The van der Waals surface area contributed by atoms with E-state index in [0.717, 1.165) is 193 Å². The van der Waals surface area contributed by atoms with Crippen molar-refractivity contribution in [1.29, 1.82) is 0 Å². The van der Waals surface area contributed by atoms with E-state index in [0.29, 0.717) is 12.1 Å². The number of anilines is 3. The maximum Gasteiger partial charge on any atom is 0.138 e. The number of nitrogens with zero attached hydrogens (tertiary/aromatic N) is 17. The van der Waals surface area contributed by atoms with E-state index >= 15 is 0 Å². The van der Waals surface area contributed by atoms with Gasteiger partial charge in [0.1, 0.15) is 34.3 Å². The molecule has 17 rings (SSSR count). The van der Waals surface area contributed by atoms with E-state index in [1.54, 1.807) is 0 Å². The predicted octanol–water partition coefficient (Wildman–Crippen LogP) is 11.0. The second-order valence-corrected chi connectivity index (χ2v) is 28.7. The van der Waals surface area contributed by atoms with Gasteiger partial charge in [0.05, 0.1) is 69.4 Å². The Bertz CT molecular complexity index is 4230. The number of piperazine rings is 3. The first kappa shape index (κ1) is 57.8. The van der Waals surface area contributed by atoms with Gasteiger partial charge in [0, 0.05) is 132 Å². The van der Waals surface area contributed by atoms with Crippen molar-refractivity contribution in [2.24, 2.45) is 0 Å². The molecule has 6 aliphatic heterocycles. The number of fused-ring (bicyclic) bond motifs is 3. The van der Waals surface area contributed by atoms with Crippen molar-refractivity contribution in [1.82, 2.24) is 73.1 Å². The first-order chi connectivity index (χ1) is 44.4. The molecular weight excluding hydrogens is 1150 g/mol. The molecule has 0 bridgehead atoms. The van der Waals surface area contributed by atoms with Crippen LogP contribution in [0, 0.1) is 13.8 Å². The molecule has 14 heterocycles. The fourth-order valence-electron chi connectivity index (χ4n) is 17.3. The van der Waals surface area contributed by atoms with Crippen molar-refractivity contribution in [2.45, 2.75) is 127 Å². The predicted molar refractivity (Wildman–Crippen MR) is 362 cm³/mol. The van der Waals surface area contributed by atoms with Crippen molar-refractivity contribution in [3.8, 4) is 22.3 Å². The average Bonchev–Trinajstić information content (AvgIpc) is 1.70. The van der Waals surface area contributed by atoms with Gasteiger partial charge >= 0.3 is 0 Å². The van der Waals surface area contributed by atoms with Crippen LogP contribution in [0.15, 0.2) is 97.7 Å². The van der Waals surface area contributed by atoms with Crippen LogP contribution in [0.25, 0.3) is 44.6 Å². The number of likely N-dealkylation sites (tertiary alicyclic amines) is 3. The molecule has 2 aliphatic carbocycles. The second-order valence-electron chi connectivity index (χ2n) is 28.3. The van der Waals surface area contributed by atoms with E-state index in [1.165, 1.54) is 82.1 Å². The highest BCUT2D eigenvalue weighted by Crippen LogP contribution is 2.49. The Kier molecular flexibility index (Phi) is 14.6. The van der Waals surface area contributed by atoms with Crippen molar-refractivity contribution in [3.63, 3.8) is 0 Å². The molecule has 8 aliphatic rings. The molecule has 18 nitrogen and oxygen atoms in total. The fourth-order valence-corrected chi connectivity index (χ4v) is 17.5. The van der Waals surface area contributed by atoms with Gasteiger partial charge in [-0.2, -0.15) is 0 Å². The highest BCUT2D eigenvalue weighted by atomic mass is 35.5. The lowest BCUT2D eigenvalue weighted by atomic mass is 9.94. The SMILES string of the molecule is Cc1c(-c2ccc3[nH]c(CN4CCCC4c4nccc(-c5ccc6nc(CN7CCCC7c7ncccc7Cl)cn6c5N5CCN(C)CC5)c4C)nc3c2N2CCN(C)C3(CC3)C2)ccnc1C1CCCN1Cc1cn2c(N3CCN(C)C4(CC4)C3)cccc2n1. The third-order valence-corrected chi connectivity index (χ3v) is 23.2. The Morgan fingerprint density at radius 2 is 1.07 bits per heavy atom. The lowest BCUT2D eigenvalue weighted by Gasteiger charge is -2.42. The highest BCUT2D eigenvalue weighted by Gasteiger charge is 2.51. The van der Waals surface area contributed by atoms with E-state index in [9.17, 15) is 0 Å². The van der Waals surface area contributed by atoms with Gasteiger partial charge in [-0.15, -0.1) is 0 Å². The van der Waals surface area contributed by atoms with Crippen LogP contribution in [0.5, 0.6) is 0 Å². The van der Waals surface area contributed by atoms with Crippen LogP contribution >= 0.6 is 11.6 Å². The molecule has 1 N–H and O–H groups in total. The molecule has 19 heteroatoms. The van der Waals surface area contributed by atoms with Gasteiger partial charge in [0.2, 0.25) is 0 Å². The van der Waals surface area contributed by atoms with Gasteiger partial charge in [0.25, 0.3) is 0 Å². The molecule has 91 heavy (non-hydrogen) atoms. The number of likely N-dealkylation sites (N-methyl/N-ethyl adjacent to an activating group) is 3. The summed E-state index contributed by atoms with van der Waals surface area (Å²) in [5.41, 5.74) is 19.0. The second kappa shape index (κ2) is 22.9. The lowest BCUT2D eigenvalue weighted by Crippen LogP contribution is -2.53. The van der Waals surface area contributed by atoms with Crippen LogP contribution in [0.3, 0.4) is 0 Å². The third-order valence-electron chi connectivity index (χ3n) is 22.9. The Balaban J connectivity index is 0.665. The average molecular weight is 1240 g/mol. The molecule has 8 aromatic heterocycles. The standard InChI is InChI=1S/C72H87ClN18/c1-48-52(21-28-75-65(48)58-12-8-30-85(58)41-50-43-90-62(77-50)15-6-16-64(90)88-39-35-82(4)71(46-88)23-24-71)54-17-19-57-68(69(54)89-40-36-83(5)72(47-89)25-26-72)80-61(79-57)45-87-32-9-13-59(87)66-49(2)53(22-29-76-66)55-18-20-63-78-51(44-91(63)70(55)84-37-33-81(3)34-38-84)42-86-31-10-14-60(86)67-56(73)11-7-27-74-67/h6-7,11,15-22,27-29,43-44,58-60H,8-10,12-14,23-26,30-42,45-47H2,1-5H3,(H,79,80). The molecule has 1 aromatic carbocycles. The number of benzene rings is 1. The van der Waals surface area contributed by atoms with Gasteiger partial charge in [-0.3, -0.25) is 48.3 Å². The Hall–Kier alpha value is -7.03. The number of pyridine rings is 5. The van der Waals surface area contributed by atoms with Gasteiger partial charge in [-0.1, -0.05) is 23.7 Å². The minimum atomic E-state index is 0.155. The van der Waals surface area contributed by atoms with E-state index in [1.807, 2.05) is 18.3 Å². The molecular formula is C72H87ClN18. The van der Waals surface area contributed by atoms with E-state index in [2.05, 4.69) is 172 Å². The molecule has 0 radical (unpaired) electrons. The minimum absolute atomic E-state index is 0.155. The van der Waals surface area contributed by atoms with Crippen LogP contribution in [-0.4, -0.2) is 190 Å². The Morgan fingerprint density at radius 3 is 1.71 bits per heavy atom. The summed E-state index contributed by atoms with van der Waals surface area (Å²) in [5.74, 6) is 3.48. The van der Waals surface area contributed by atoms with Gasteiger partial charge in [-0.05, 0) is 196 Å². The minimum Gasteiger partial charge on any atom is -0.366 e. The normalized spacial score (nSPS) is 23.5. The summed E-state index contributed by atoms with van der Waals surface area (Å²) in [6.07, 6.45) is 22.2. The number of hydrogen-bond acceptors (Lipinski definition) is 15. The van der Waals surface area contributed by atoms with Crippen molar-refractivity contribution < 1.29 is 0 Å². The molecule has 0 amide bonds. The highest BCUT2D eigenvalue weighted by molar-refractivity contribution is 6.31. The van der Waals surface area contributed by atoms with Crippen LogP contribution < -0.4 is 14.7 Å². The summed E-state index contributed by atoms with van der Waals surface area (Å²) in [4.78, 5) is 58.8. The molecule has 472 valence electrons. The number of aromatic amines is 1. The topological polar surface area (TPSA) is 131 Å². The zero-order valence-corrected chi connectivity index (χ0v) is 54.6. The van der Waals surface area contributed by atoms with Crippen LogP contribution in [0.4, 0.5) is 17.3 Å². The molecule has 2 spiro atoms. The molecule has 6 saturated heterocycles. The summed E-state index contributed by atoms with van der Waals surface area (Å²) in [7, 11) is 6.87. The van der Waals surface area contributed by atoms with Gasteiger partial charge in [0.15, 0.2) is 0 Å². The number of aromatic nitrogens is 9. The molecule has 8 fully saturated rings. The summed E-state index contributed by atoms with van der Waals surface area (Å²) in [6.45, 7) is 20.0. The number of hydrogen-bond donors (Lipinski definition) is 1. The molecule has 2 saturated carbocycles. The fraction of sp³-hybridized carbons (Fsp3) is 0.500. The molecule has 3 unspecified atom stereocenters. The van der Waals surface area contributed by atoms with E-state index < -0.39 is 0 Å². The zero-order valence-electron chi connectivity index (χ0n) is 53.8. The van der Waals surface area contributed by atoms with Crippen molar-refractivity contribution >= 4 is 51.3 Å². The Labute approximate surface area is 539 Å². The number of imidazole rings is 3. The molecule has 9 aromatic rings. The van der Waals surface area contributed by atoms with Gasteiger partial charge < -0.3 is 24.6 Å². The maximum atomic E-state index is 6.75. The number of nitrogens with one attached hydrogen (secondary N) is 1. The summed E-state index contributed by atoms with van der Waals surface area (Å²) in [5, 5.41) is 0.740. The summed E-state index contributed by atoms with van der Waals surface area (Å²) < 4.78 is 4.73. The number of halogens is 1. The smallest absolute Gasteiger partial charge is 0.138 e. The first-order valence-electron chi connectivity index (χ1n) is 34.0. The van der Waals surface area contributed by atoms with Crippen LogP contribution in [-0.2, 0) is 19.6 Å². The first-order valence-corrected chi connectivity index (χ1v) is 34.4. The summed E-state index contributed by atoms with van der Waals surface area (Å²) >= 11 is 6.75. The van der Waals surface area contributed by atoms with E-state index in [-0.39, 0.29) is 23.7 Å². The van der Waals surface area contributed by atoms with Crippen molar-refractivity contribution in [3.05, 3.63) is 148 Å². The van der Waals surface area contributed by atoms with E-state index in [4.69, 9.17) is 41.5 Å². The maximum absolute atomic E-state index is 6.75. The lowest BCUT2D eigenvalue weighted by molar-refractivity contribution is 0.198. The van der Waals surface area contributed by atoms with Crippen molar-refractivity contribution in [2.75, 3.05) is 121 Å². The monoisotopic (exact) mass is 1240 g/mol.